The molecule has 0 radical (unpaired) electrons. The fourth-order valence-corrected chi connectivity index (χ4v) is 3.86. The number of aromatic hydroxyl groups is 1. The first-order valence-corrected chi connectivity index (χ1v) is 9.28. The highest BCUT2D eigenvalue weighted by Crippen LogP contribution is 2.36. The van der Waals surface area contributed by atoms with E-state index >= 15 is 0 Å². The van der Waals surface area contributed by atoms with Gasteiger partial charge in [-0.2, -0.15) is 0 Å². The average Bonchev–Trinajstić information content (AvgIpc) is 3.14. The summed E-state index contributed by atoms with van der Waals surface area (Å²) in [5.41, 5.74) is 3.87. The highest BCUT2D eigenvalue weighted by atomic mass is 16.4. The second-order valence-electron chi connectivity index (χ2n) is 6.99. The third-order valence-electron chi connectivity index (χ3n) is 5.22. The smallest absolute Gasteiger partial charge is 0.335 e. The van der Waals surface area contributed by atoms with E-state index in [1.165, 1.54) is 0 Å². The molecule has 0 bridgehead atoms. The molecule has 0 unspecified atom stereocenters. The maximum absolute atomic E-state index is 11.5. The largest absolute Gasteiger partial charge is 0.508 e. The van der Waals surface area contributed by atoms with E-state index < -0.39 is 5.97 Å². The Kier molecular flexibility index (Phi) is 3.85. The number of carboxylic acid groups (broad SMARTS) is 1. The number of nitrogens with zero attached hydrogens (tertiary/aromatic N) is 1. The maximum atomic E-state index is 11.5. The summed E-state index contributed by atoms with van der Waals surface area (Å²) < 4.78 is 2.07. The van der Waals surface area contributed by atoms with Gasteiger partial charge in [0.25, 0.3) is 0 Å². The Labute approximate surface area is 166 Å². The predicted octanol–water partition coefficient (Wildman–Crippen LogP) is 5.85. The number of phenolic OH excluding ortho intramolecular Hbond substituents is 1. The SMILES string of the molecule is O=C(O)c1cccc(-n2c(-c3ccc(O)cc3)cc3c4ccccc4ccc32)c1. The van der Waals surface area contributed by atoms with E-state index in [1.54, 1.807) is 30.3 Å². The topological polar surface area (TPSA) is 62.5 Å². The standard InChI is InChI=1S/C25H17NO3/c27-20-11-8-17(9-12-20)24-15-22-21-7-2-1-4-16(21)10-13-23(22)26(24)19-6-3-5-18(14-19)25(28)29/h1-15,27H,(H,28,29). The molecule has 0 amide bonds. The van der Waals surface area contributed by atoms with Gasteiger partial charge in [-0.3, -0.25) is 0 Å². The van der Waals surface area contributed by atoms with Crippen LogP contribution in [0.2, 0.25) is 0 Å². The number of aromatic carboxylic acids is 1. The molecule has 0 spiro atoms. The lowest BCUT2D eigenvalue weighted by atomic mass is 10.1. The van der Waals surface area contributed by atoms with E-state index in [4.69, 9.17) is 0 Å². The molecule has 29 heavy (non-hydrogen) atoms. The summed E-state index contributed by atoms with van der Waals surface area (Å²) in [7, 11) is 0. The third kappa shape index (κ3) is 2.82. The number of fused-ring (bicyclic) bond motifs is 3. The highest BCUT2D eigenvalue weighted by molar-refractivity contribution is 6.09. The van der Waals surface area contributed by atoms with Crippen LogP contribution in [0.3, 0.4) is 0 Å². The van der Waals surface area contributed by atoms with Crippen LogP contribution in [0.25, 0.3) is 38.6 Å². The first kappa shape index (κ1) is 17.1. The Morgan fingerprint density at radius 3 is 2.34 bits per heavy atom. The van der Waals surface area contributed by atoms with Crippen molar-refractivity contribution >= 4 is 27.6 Å². The molecule has 4 aromatic carbocycles. The summed E-state index contributed by atoms with van der Waals surface area (Å²) in [6, 6.07) is 28.5. The molecule has 0 saturated heterocycles. The van der Waals surface area contributed by atoms with Gasteiger partial charge in [-0.25, -0.2) is 4.79 Å². The number of phenols is 1. The Morgan fingerprint density at radius 1 is 0.759 bits per heavy atom. The molecule has 140 valence electrons. The quantitative estimate of drug-likeness (QED) is 0.413. The number of rotatable bonds is 3. The molecule has 0 aliphatic rings. The molecule has 5 rings (SSSR count). The van der Waals surface area contributed by atoms with Crippen LogP contribution in [-0.2, 0) is 0 Å². The van der Waals surface area contributed by atoms with Crippen LogP contribution in [0.1, 0.15) is 10.4 Å². The molecule has 0 saturated carbocycles. The second kappa shape index (κ2) is 6.53. The number of aromatic nitrogens is 1. The van der Waals surface area contributed by atoms with E-state index in [-0.39, 0.29) is 11.3 Å². The number of benzene rings is 4. The monoisotopic (exact) mass is 379 g/mol. The van der Waals surface area contributed by atoms with Gasteiger partial charge in [-0.1, -0.05) is 36.4 Å². The number of hydrogen-bond donors (Lipinski definition) is 2. The second-order valence-corrected chi connectivity index (χ2v) is 6.99. The van der Waals surface area contributed by atoms with Crippen molar-refractivity contribution in [2.24, 2.45) is 0 Å². The van der Waals surface area contributed by atoms with Crippen molar-refractivity contribution in [1.82, 2.24) is 4.57 Å². The van der Waals surface area contributed by atoms with Crippen molar-refractivity contribution in [3.05, 3.63) is 96.6 Å². The maximum Gasteiger partial charge on any atom is 0.335 e. The minimum Gasteiger partial charge on any atom is -0.508 e. The Hall–Kier alpha value is -4.05. The number of carboxylic acids is 1. The predicted molar refractivity (Wildman–Crippen MR) is 115 cm³/mol. The molecule has 1 heterocycles. The van der Waals surface area contributed by atoms with E-state index in [0.717, 1.165) is 38.6 Å². The molecule has 0 atom stereocenters. The molecule has 0 fully saturated rings. The molecule has 5 aromatic rings. The van der Waals surface area contributed by atoms with E-state index in [9.17, 15) is 15.0 Å². The summed E-state index contributed by atoms with van der Waals surface area (Å²) in [4.78, 5) is 11.5. The third-order valence-corrected chi connectivity index (χ3v) is 5.22. The summed E-state index contributed by atoms with van der Waals surface area (Å²) in [6.07, 6.45) is 0. The first-order valence-electron chi connectivity index (χ1n) is 9.28. The summed E-state index contributed by atoms with van der Waals surface area (Å²) >= 11 is 0. The summed E-state index contributed by atoms with van der Waals surface area (Å²) in [5.74, 6) is -0.755. The van der Waals surface area contributed by atoms with Crippen LogP contribution in [0, 0.1) is 0 Å². The number of hydrogen-bond acceptors (Lipinski definition) is 2. The van der Waals surface area contributed by atoms with Crippen molar-refractivity contribution in [2.45, 2.75) is 0 Å². The van der Waals surface area contributed by atoms with E-state index in [2.05, 4.69) is 34.9 Å². The van der Waals surface area contributed by atoms with Crippen LogP contribution in [0.15, 0.2) is 91.0 Å². The zero-order chi connectivity index (χ0) is 20.0. The molecule has 0 aliphatic heterocycles. The lowest BCUT2D eigenvalue weighted by Gasteiger charge is -2.12. The molecule has 0 aliphatic carbocycles. The van der Waals surface area contributed by atoms with Gasteiger partial charge < -0.3 is 14.8 Å². The minimum atomic E-state index is -0.958. The van der Waals surface area contributed by atoms with Crippen LogP contribution >= 0.6 is 0 Å². The van der Waals surface area contributed by atoms with Gasteiger partial charge in [-0.05, 0) is 70.9 Å². The molecule has 2 N–H and O–H groups in total. The first-order chi connectivity index (χ1) is 14.1. The van der Waals surface area contributed by atoms with Crippen LogP contribution in [0.5, 0.6) is 5.75 Å². The Balaban J connectivity index is 1.88. The van der Waals surface area contributed by atoms with Crippen LogP contribution in [-0.4, -0.2) is 20.7 Å². The normalized spacial score (nSPS) is 11.2. The fourth-order valence-electron chi connectivity index (χ4n) is 3.86. The molecular formula is C25H17NO3. The molecular weight excluding hydrogens is 362 g/mol. The van der Waals surface area contributed by atoms with E-state index in [1.807, 2.05) is 30.3 Å². The Morgan fingerprint density at radius 2 is 1.55 bits per heavy atom. The van der Waals surface area contributed by atoms with Crippen molar-refractivity contribution in [2.75, 3.05) is 0 Å². The van der Waals surface area contributed by atoms with Gasteiger partial charge >= 0.3 is 5.97 Å². The van der Waals surface area contributed by atoms with Gasteiger partial charge in [0.15, 0.2) is 0 Å². The lowest BCUT2D eigenvalue weighted by molar-refractivity contribution is 0.0697. The highest BCUT2D eigenvalue weighted by Gasteiger charge is 2.15. The van der Waals surface area contributed by atoms with Gasteiger partial charge in [0.1, 0.15) is 5.75 Å². The van der Waals surface area contributed by atoms with Gasteiger partial charge in [-0.15, -0.1) is 0 Å². The minimum absolute atomic E-state index is 0.203. The van der Waals surface area contributed by atoms with Crippen molar-refractivity contribution in [3.63, 3.8) is 0 Å². The van der Waals surface area contributed by atoms with Crippen molar-refractivity contribution < 1.29 is 15.0 Å². The van der Waals surface area contributed by atoms with Crippen molar-refractivity contribution in [3.8, 4) is 22.7 Å². The summed E-state index contributed by atoms with van der Waals surface area (Å²) in [6.45, 7) is 0. The Bertz CT molecular complexity index is 1380. The lowest BCUT2D eigenvalue weighted by Crippen LogP contribution is -2.01. The number of carbonyl (C=O) groups is 1. The summed E-state index contributed by atoms with van der Waals surface area (Å²) in [5, 5.41) is 22.5. The van der Waals surface area contributed by atoms with Crippen molar-refractivity contribution in [1.29, 1.82) is 0 Å². The molecule has 4 nitrogen and oxygen atoms in total. The average molecular weight is 379 g/mol. The molecule has 1 aromatic heterocycles. The van der Waals surface area contributed by atoms with Gasteiger partial charge in [0.2, 0.25) is 0 Å². The molecule has 4 heteroatoms. The zero-order valence-electron chi connectivity index (χ0n) is 15.4. The van der Waals surface area contributed by atoms with Gasteiger partial charge in [0, 0.05) is 11.1 Å². The van der Waals surface area contributed by atoms with Gasteiger partial charge in [0.05, 0.1) is 16.8 Å². The van der Waals surface area contributed by atoms with Crippen LogP contribution in [0.4, 0.5) is 0 Å². The fraction of sp³-hybridized carbons (Fsp3) is 0. The van der Waals surface area contributed by atoms with Crippen LogP contribution < -0.4 is 0 Å². The van der Waals surface area contributed by atoms with E-state index in [0.29, 0.717) is 0 Å². The zero-order valence-corrected chi connectivity index (χ0v) is 15.4.